The van der Waals surface area contributed by atoms with E-state index in [4.69, 9.17) is 0 Å². The second-order valence-electron chi connectivity index (χ2n) is 6.70. The Bertz CT molecular complexity index is 849. The number of nitrogens with zero attached hydrogens (tertiary/aromatic N) is 1. The molecule has 0 spiro atoms. The zero-order valence-corrected chi connectivity index (χ0v) is 15.4. The molecule has 7 heteroatoms. The maximum absolute atomic E-state index is 13.2. The van der Waals surface area contributed by atoms with E-state index in [0.717, 1.165) is 11.8 Å². The quantitative estimate of drug-likeness (QED) is 0.832. The van der Waals surface area contributed by atoms with Gasteiger partial charge in [-0.25, -0.2) is 4.39 Å². The van der Waals surface area contributed by atoms with Crippen molar-refractivity contribution < 1.29 is 18.8 Å². The van der Waals surface area contributed by atoms with Crippen LogP contribution in [0, 0.1) is 11.7 Å². The molecule has 1 saturated heterocycles. The van der Waals surface area contributed by atoms with E-state index < -0.39 is 11.7 Å². The maximum Gasteiger partial charge on any atom is 0.251 e. The van der Waals surface area contributed by atoms with Gasteiger partial charge in [0.1, 0.15) is 5.82 Å². The number of benzene rings is 2. The summed E-state index contributed by atoms with van der Waals surface area (Å²) in [6, 6.07) is 14.6. The summed E-state index contributed by atoms with van der Waals surface area (Å²) in [6.07, 6.45) is 1.14. The van der Waals surface area contributed by atoms with E-state index >= 15 is 0 Å². The van der Waals surface area contributed by atoms with Crippen LogP contribution in [0.4, 0.5) is 10.1 Å². The topological polar surface area (TPSA) is 78.5 Å². The van der Waals surface area contributed by atoms with Crippen molar-refractivity contribution in [3.8, 4) is 0 Å². The molecule has 0 unspecified atom stereocenters. The molecule has 2 aromatic rings. The maximum atomic E-state index is 13.2. The predicted molar refractivity (Wildman–Crippen MR) is 103 cm³/mol. The number of nitrogens with one attached hydrogen (secondary N) is 2. The summed E-state index contributed by atoms with van der Waals surface area (Å²) in [5, 5.41) is 5.40. The fourth-order valence-corrected chi connectivity index (χ4v) is 3.16. The first kappa shape index (κ1) is 19.5. The van der Waals surface area contributed by atoms with Gasteiger partial charge in [-0.05, 0) is 43.2 Å². The zero-order valence-electron chi connectivity index (χ0n) is 15.4. The molecule has 0 saturated carbocycles. The van der Waals surface area contributed by atoms with Crippen molar-refractivity contribution in [1.29, 1.82) is 0 Å². The lowest BCUT2D eigenvalue weighted by Crippen LogP contribution is -2.45. The smallest absolute Gasteiger partial charge is 0.251 e. The molecular formula is C21H22FN3O3. The van der Waals surface area contributed by atoms with E-state index in [9.17, 15) is 18.8 Å². The summed E-state index contributed by atoms with van der Waals surface area (Å²) in [6.45, 7) is 0.763. The minimum Gasteiger partial charge on any atom is -0.343 e. The summed E-state index contributed by atoms with van der Waals surface area (Å²) in [5.41, 5.74) is 0.926. The Morgan fingerprint density at radius 2 is 1.71 bits per heavy atom. The highest BCUT2D eigenvalue weighted by molar-refractivity contribution is 5.96. The van der Waals surface area contributed by atoms with E-state index in [1.807, 2.05) is 30.3 Å². The molecule has 1 aliphatic heterocycles. The highest BCUT2D eigenvalue weighted by atomic mass is 19.1. The van der Waals surface area contributed by atoms with Crippen molar-refractivity contribution in [2.45, 2.75) is 12.8 Å². The van der Waals surface area contributed by atoms with E-state index in [1.165, 1.54) is 18.2 Å². The average molecular weight is 383 g/mol. The lowest BCUT2D eigenvalue weighted by atomic mass is 9.95. The molecule has 28 heavy (non-hydrogen) atoms. The van der Waals surface area contributed by atoms with Crippen molar-refractivity contribution in [2.24, 2.45) is 5.92 Å². The van der Waals surface area contributed by atoms with Gasteiger partial charge >= 0.3 is 0 Å². The van der Waals surface area contributed by atoms with Crippen molar-refractivity contribution >= 4 is 23.4 Å². The van der Waals surface area contributed by atoms with Crippen LogP contribution in [0.5, 0.6) is 0 Å². The van der Waals surface area contributed by atoms with E-state index in [2.05, 4.69) is 10.6 Å². The van der Waals surface area contributed by atoms with E-state index in [-0.39, 0.29) is 29.8 Å². The van der Waals surface area contributed by atoms with Crippen LogP contribution in [0.3, 0.4) is 0 Å². The van der Waals surface area contributed by atoms with Crippen molar-refractivity contribution in [3.63, 3.8) is 0 Å². The summed E-state index contributed by atoms with van der Waals surface area (Å²) in [5.74, 6) is -1.41. The third-order valence-electron chi connectivity index (χ3n) is 4.75. The lowest BCUT2D eigenvalue weighted by molar-refractivity contribution is -0.133. The van der Waals surface area contributed by atoms with Gasteiger partial charge in [-0.1, -0.05) is 24.3 Å². The van der Waals surface area contributed by atoms with Gasteiger partial charge < -0.3 is 15.5 Å². The number of hydrogen-bond acceptors (Lipinski definition) is 3. The molecule has 1 aliphatic rings. The number of likely N-dealkylation sites (tertiary alicyclic amines) is 1. The third kappa shape index (κ3) is 5.16. The number of amides is 3. The molecule has 3 amide bonds. The Morgan fingerprint density at radius 3 is 2.39 bits per heavy atom. The fraction of sp³-hybridized carbons (Fsp3) is 0.286. The van der Waals surface area contributed by atoms with Crippen LogP contribution in [0.15, 0.2) is 54.6 Å². The second kappa shape index (κ2) is 9.12. The number of carbonyl (C=O) groups excluding carboxylic acids is 3. The molecule has 1 heterocycles. The first-order valence-electron chi connectivity index (χ1n) is 9.20. The number of anilines is 1. The Morgan fingerprint density at radius 1 is 1.00 bits per heavy atom. The normalized spacial score (nSPS) is 14.4. The van der Waals surface area contributed by atoms with Gasteiger partial charge in [0.05, 0.1) is 6.54 Å². The number of piperidine rings is 1. The number of carbonyl (C=O) groups is 3. The number of para-hydroxylation sites is 1. The molecule has 6 nitrogen and oxygen atoms in total. The zero-order chi connectivity index (χ0) is 19.9. The predicted octanol–water partition coefficient (Wildman–Crippen LogP) is 2.43. The molecule has 0 aromatic heterocycles. The highest BCUT2D eigenvalue weighted by Crippen LogP contribution is 2.19. The van der Waals surface area contributed by atoms with E-state index in [1.54, 1.807) is 4.90 Å². The minimum absolute atomic E-state index is 0.0438. The average Bonchev–Trinajstić information content (AvgIpc) is 2.72. The van der Waals surface area contributed by atoms with Crippen molar-refractivity contribution in [3.05, 3.63) is 66.0 Å². The molecule has 0 radical (unpaired) electrons. The van der Waals surface area contributed by atoms with Gasteiger partial charge in [0.25, 0.3) is 5.91 Å². The minimum atomic E-state index is -0.505. The number of rotatable bonds is 5. The molecule has 2 N–H and O–H groups in total. The Labute approximate surface area is 162 Å². The van der Waals surface area contributed by atoms with Crippen LogP contribution in [-0.2, 0) is 9.59 Å². The highest BCUT2D eigenvalue weighted by Gasteiger charge is 2.27. The first-order chi connectivity index (χ1) is 13.5. The van der Waals surface area contributed by atoms with Crippen LogP contribution in [-0.4, -0.2) is 42.3 Å². The standard InChI is InChI=1S/C21H22FN3O3/c22-17-6-4-5-16(13-17)20(27)23-14-19(26)25-11-9-15(10-12-25)21(28)24-18-7-2-1-3-8-18/h1-8,13,15H,9-12,14H2,(H,23,27)(H,24,28). The van der Waals surface area contributed by atoms with Crippen LogP contribution < -0.4 is 10.6 Å². The van der Waals surface area contributed by atoms with Gasteiger partial charge in [0, 0.05) is 30.3 Å². The van der Waals surface area contributed by atoms with Gasteiger partial charge in [0.2, 0.25) is 11.8 Å². The largest absolute Gasteiger partial charge is 0.343 e. The first-order valence-corrected chi connectivity index (χ1v) is 9.20. The van der Waals surface area contributed by atoms with E-state index in [0.29, 0.717) is 25.9 Å². The van der Waals surface area contributed by atoms with Crippen molar-refractivity contribution in [2.75, 3.05) is 25.0 Å². The van der Waals surface area contributed by atoms with Crippen LogP contribution in [0.2, 0.25) is 0 Å². The molecule has 1 fully saturated rings. The molecular weight excluding hydrogens is 361 g/mol. The van der Waals surface area contributed by atoms with Gasteiger partial charge in [0.15, 0.2) is 0 Å². The summed E-state index contributed by atoms with van der Waals surface area (Å²) in [7, 11) is 0. The summed E-state index contributed by atoms with van der Waals surface area (Å²) in [4.78, 5) is 38.3. The molecule has 0 atom stereocenters. The van der Waals surface area contributed by atoms with Crippen LogP contribution >= 0.6 is 0 Å². The number of hydrogen-bond donors (Lipinski definition) is 2. The third-order valence-corrected chi connectivity index (χ3v) is 4.75. The molecule has 0 aliphatic carbocycles. The Kier molecular flexibility index (Phi) is 6.37. The molecule has 0 bridgehead atoms. The lowest BCUT2D eigenvalue weighted by Gasteiger charge is -2.31. The van der Waals surface area contributed by atoms with Gasteiger partial charge in [-0.2, -0.15) is 0 Å². The summed E-state index contributed by atoms with van der Waals surface area (Å²) < 4.78 is 13.2. The fourth-order valence-electron chi connectivity index (χ4n) is 3.16. The molecule has 2 aromatic carbocycles. The molecule has 146 valence electrons. The van der Waals surface area contributed by atoms with Crippen LogP contribution in [0.1, 0.15) is 23.2 Å². The van der Waals surface area contributed by atoms with Crippen molar-refractivity contribution in [1.82, 2.24) is 10.2 Å². The molecule has 3 rings (SSSR count). The monoisotopic (exact) mass is 383 g/mol. The van der Waals surface area contributed by atoms with Gasteiger partial charge in [-0.3, -0.25) is 14.4 Å². The van der Waals surface area contributed by atoms with Gasteiger partial charge in [-0.15, -0.1) is 0 Å². The Balaban J connectivity index is 1.43. The number of halogens is 1. The summed E-state index contributed by atoms with van der Waals surface area (Å²) >= 11 is 0. The van der Waals surface area contributed by atoms with Crippen LogP contribution in [0.25, 0.3) is 0 Å². The Hall–Kier alpha value is -3.22. The second-order valence-corrected chi connectivity index (χ2v) is 6.70. The SMILES string of the molecule is O=C(NCC(=O)N1CCC(C(=O)Nc2ccccc2)CC1)c1cccc(F)c1.